The molecule has 1 N–H and O–H groups in total. The van der Waals surface area contributed by atoms with Crippen molar-refractivity contribution >= 4 is 5.95 Å². The van der Waals surface area contributed by atoms with E-state index in [0.717, 1.165) is 17.0 Å². The summed E-state index contributed by atoms with van der Waals surface area (Å²) in [5.74, 6) is 1.08. The van der Waals surface area contributed by atoms with Crippen molar-refractivity contribution < 1.29 is 4.74 Å². The Balaban J connectivity index is 2.41. The summed E-state index contributed by atoms with van der Waals surface area (Å²) in [5, 5.41) is 3.15. The third-order valence-electron chi connectivity index (χ3n) is 2.53. The molecule has 0 aliphatic heterocycles. The van der Waals surface area contributed by atoms with Crippen LogP contribution in [0.5, 0.6) is 5.88 Å². The molecule has 0 aromatic carbocycles. The van der Waals surface area contributed by atoms with Crippen LogP contribution >= 0.6 is 0 Å². The van der Waals surface area contributed by atoms with Gasteiger partial charge in [-0.15, -0.1) is 0 Å². The van der Waals surface area contributed by atoms with Gasteiger partial charge in [-0.3, -0.25) is 4.98 Å². The molecule has 0 saturated heterocycles. The highest BCUT2D eigenvalue weighted by molar-refractivity contribution is 5.64. The zero-order chi connectivity index (χ0) is 13.8. The van der Waals surface area contributed by atoms with Gasteiger partial charge >= 0.3 is 0 Å². The quantitative estimate of drug-likeness (QED) is 0.913. The van der Waals surface area contributed by atoms with Crippen LogP contribution in [0.25, 0.3) is 11.3 Å². The van der Waals surface area contributed by atoms with E-state index >= 15 is 0 Å². The smallest absolute Gasteiger partial charge is 0.227 e. The molecule has 2 heterocycles. The maximum Gasteiger partial charge on any atom is 0.227 e. The van der Waals surface area contributed by atoms with Gasteiger partial charge in [-0.25, -0.2) is 4.98 Å². The normalized spacial score (nSPS) is 10.6. The van der Waals surface area contributed by atoms with Crippen LogP contribution in [-0.2, 0) is 0 Å². The highest BCUT2D eigenvalue weighted by Gasteiger charge is 2.11. The molecule has 2 aromatic heterocycles. The third kappa shape index (κ3) is 3.19. The molecular formula is C14H18N4O. The van der Waals surface area contributed by atoms with Gasteiger partial charge in [-0.05, 0) is 32.9 Å². The molecule has 2 rings (SSSR count). The second-order valence-electron chi connectivity index (χ2n) is 4.58. The molecule has 0 saturated carbocycles. The van der Waals surface area contributed by atoms with Crippen molar-refractivity contribution in [2.75, 3.05) is 12.4 Å². The summed E-state index contributed by atoms with van der Waals surface area (Å²) >= 11 is 0. The van der Waals surface area contributed by atoms with Gasteiger partial charge in [0.15, 0.2) is 0 Å². The molecule has 0 bridgehead atoms. The van der Waals surface area contributed by atoms with Gasteiger partial charge in [0.05, 0.1) is 18.4 Å². The van der Waals surface area contributed by atoms with Crippen LogP contribution in [0.2, 0.25) is 0 Å². The van der Waals surface area contributed by atoms with Gasteiger partial charge < -0.3 is 10.1 Å². The number of aromatic nitrogens is 3. The lowest BCUT2D eigenvalue weighted by Gasteiger charge is -2.11. The largest absolute Gasteiger partial charge is 0.480 e. The van der Waals surface area contributed by atoms with Crippen molar-refractivity contribution in [2.45, 2.75) is 26.8 Å². The minimum absolute atomic E-state index is 0.271. The third-order valence-corrected chi connectivity index (χ3v) is 2.53. The number of pyridine rings is 1. The van der Waals surface area contributed by atoms with Gasteiger partial charge in [-0.1, -0.05) is 6.07 Å². The van der Waals surface area contributed by atoms with Crippen LogP contribution in [0.4, 0.5) is 5.95 Å². The average molecular weight is 258 g/mol. The molecule has 0 aliphatic rings. The Hall–Kier alpha value is -2.17. The number of aryl methyl sites for hydroxylation is 1. The standard InChI is InChI=1S/C14H18N4O/c1-9(2)16-14-15-8-11(13(18-14)19-4)12-7-5-6-10(3)17-12/h5-9H,1-4H3,(H,15,16,18). The second kappa shape index (κ2) is 5.65. The molecule has 0 atom stereocenters. The predicted octanol–water partition coefficient (Wildman–Crippen LogP) is 2.68. The maximum absolute atomic E-state index is 5.33. The van der Waals surface area contributed by atoms with Gasteiger partial charge in [-0.2, -0.15) is 4.98 Å². The number of nitrogens with zero attached hydrogens (tertiary/aromatic N) is 3. The summed E-state index contributed by atoms with van der Waals surface area (Å²) in [6, 6.07) is 6.10. The highest BCUT2D eigenvalue weighted by Crippen LogP contribution is 2.26. The molecule has 5 heteroatoms. The summed E-state index contributed by atoms with van der Waals surface area (Å²) in [6.07, 6.45) is 1.73. The van der Waals surface area contributed by atoms with E-state index in [1.165, 1.54) is 0 Å². The Morgan fingerprint density at radius 1 is 1.21 bits per heavy atom. The van der Waals surface area contributed by atoms with Crippen molar-refractivity contribution in [3.8, 4) is 17.1 Å². The Labute approximate surface area is 113 Å². The van der Waals surface area contributed by atoms with Crippen LogP contribution in [0.1, 0.15) is 19.5 Å². The molecule has 100 valence electrons. The Kier molecular flexibility index (Phi) is 3.94. The molecular weight excluding hydrogens is 240 g/mol. The lowest BCUT2D eigenvalue weighted by atomic mass is 10.2. The number of rotatable bonds is 4. The van der Waals surface area contributed by atoms with Gasteiger partial charge in [0.1, 0.15) is 0 Å². The summed E-state index contributed by atoms with van der Waals surface area (Å²) in [6.45, 7) is 6.02. The topological polar surface area (TPSA) is 59.9 Å². The molecule has 5 nitrogen and oxygen atoms in total. The van der Waals surface area contributed by atoms with Crippen molar-refractivity contribution in [3.05, 3.63) is 30.1 Å². The van der Waals surface area contributed by atoms with Gasteiger partial charge in [0.25, 0.3) is 0 Å². The van der Waals surface area contributed by atoms with Crippen LogP contribution in [0, 0.1) is 6.92 Å². The Bertz CT molecular complexity index is 569. The van der Waals surface area contributed by atoms with E-state index < -0.39 is 0 Å². The van der Waals surface area contributed by atoms with Crippen LogP contribution < -0.4 is 10.1 Å². The van der Waals surface area contributed by atoms with Crippen molar-refractivity contribution in [2.24, 2.45) is 0 Å². The molecule has 2 aromatic rings. The Morgan fingerprint density at radius 3 is 2.63 bits per heavy atom. The first-order chi connectivity index (χ1) is 9.10. The van der Waals surface area contributed by atoms with E-state index in [9.17, 15) is 0 Å². The average Bonchev–Trinajstić information content (AvgIpc) is 2.37. The number of hydrogen-bond donors (Lipinski definition) is 1. The van der Waals surface area contributed by atoms with E-state index in [2.05, 4.69) is 20.3 Å². The first-order valence-corrected chi connectivity index (χ1v) is 6.21. The zero-order valence-corrected chi connectivity index (χ0v) is 11.6. The number of anilines is 1. The first-order valence-electron chi connectivity index (χ1n) is 6.21. The summed E-state index contributed by atoms with van der Waals surface area (Å²) < 4.78 is 5.33. The van der Waals surface area contributed by atoms with E-state index in [1.807, 2.05) is 39.0 Å². The summed E-state index contributed by atoms with van der Waals surface area (Å²) in [5.41, 5.74) is 2.55. The van der Waals surface area contributed by atoms with Crippen molar-refractivity contribution in [3.63, 3.8) is 0 Å². The molecule has 0 spiro atoms. The molecule has 0 radical (unpaired) electrons. The van der Waals surface area contributed by atoms with E-state index in [0.29, 0.717) is 11.8 Å². The number of ether oxygens (including phenoxy) is 1. The Morgan fingerprint density at radius 2 is 2.00 bits per heavy atom. The first kappa shape index (κ1) is 13.3. The van der Waals surface area contributed by atoms with Gasteiger partial charge in [0, 0.05) is 17.9 Å². The number of hydrogen-bond acceptors (Lipinski definition) is 5. The highest BCUT2D eigenvalue weighted by atomic mass is 16.5. The fraction of sp³-hybridized carbons (Fsp3) is 0.357. The number of nitrogens with one attached hydrogen (secondary N) is 1. The zero-order valence-electron chi connectivity index (χ0n) is 11.6. The summed E-state index contributed by atoms with van der Waals surface area (Å²) in [4.78, 5) is 13.1. The predicted molar refractivity (Wildman–Crippen MR) is 75.3 cm³/mol. The minimum Gasteiger partial charge on any atom is -0.480 e. The minimum atomic E-state index is 0.271. The van der Waals surface area contributed by atoms with E-state index in [4.69, 9.17) is 4.74 Å². The lowest BCUT2D eigenvalue weighted by Crippen LogP contribution is -2.13. The van der Waals surface area contributed by atoms with Crippen molar-refractivity contribution in [1.29, 1.82) is 0 Å². The molecule has 0 fully saturated rings. The second-order valence-corrected chi connectivity index (χ2v) is 4.58. The van der Waals surface area contributed by atoms with Crippen LogP contribution in [0.15, 0.2) is 24.4 Å². The molecule has 19 heavy (non-hydrogen) atoms. The van der Waals surface area contributed by atoms with Crippen molar-refractivity contribution in [1.82, 2.24) is 15.0 Å². The van der Waals surface area contributed by atoms with E-state index in [1.54, 1.807) is 13.3 Å². The number of methoxy groups -OCH3 is 1. The SMILES string of the molecule is COc1nc(NC(C)C)ncc1-c1cccc(C)n1. The monoisotopic (exact) mass is 258 g/mol. The van der Waals surface area contributed by atoms with Gasteiger partial charge in [0.2, 0.25) is 11.8 Å². The maximum atomic E-state index is 5.33. The lowest BCUT2D eigenvalue weighted by molar-refractivity contribution is 0.399. The molecule has 0 aliphatic carbocycles. The fourth-order valence-electron chi connectivity index (χ4n) is 1.72. The van der Waals surface area contributed by atoms with Crippen LogP contribution in [-0.4, -0.2) is 28.1 Å². The van der Waals surface area contributed by atoms with Crippen LogP contribution in [0.3, 0.4) is 0 Å². The molecule has 0 amide bonds. The van der Waals surface area contributed by atoms with E-state index in [-0.39, 0.29) is 6.04 Å². The summed E-state index contributed by atoms with van der Waals surface area (Å²) in [7, 11) is 1.60. The molecule has 0 unspecified atom stereocenters. The fourth-order valence-corrected chi connectivity index (χ4v) is 1.72.